The minimum absolute atomic E-state index is 0.0465. The third kappa shape index (κ3) is 4.23. The molecule has 1 atom stereocenters. The van der Waals surface area contributed by atoms with Crippen molar-refractivity contribution in [1.29, 1.82) is 0 Å². The lowest BCUT2D eigenvalue weighted by atomic mass is 10.2. The average Bonchev–Trinajstić information content (AvgIpc) is 2.83. The monoisotopic (exact) mass is 307 g/mol. The van der Waals surface area contributed by atoms with Crippen molar-refractivity contribution in [3.05, 3.63) is 35.9 Å². The van der Waals surface area contributed by atoms with Crippen molar-refractivity contribution in [2.75, 3.05) is 18.1 Å². The van der Waals surface area contributed by atoms with Crippen LogP contribution in [0, 0.1) is 12.3 Å². The highest BCUT2D eigenvalue weighted by atomic mass is 32.2. The predicted molar refractivity (Wildman–Crippen MR) is 79.2 cm³/mol. The topological polar surface area (TPSA) is 63.7 Å². The van der Waals surface area contributed by atoms with E-state index >= 15 is 0 Å². The summed E-state index contributed by atoms with van der Waals surface area (Å²) in [5, 5.41) is 0. The first-order valence-electron chi connectivity index (χ1n) is 6.63. The fourth-order valence-corrected chi connectivity index (χ4v) is 4.00. The maximum atomic E-state index is 12.1. The van der Waals surface area contributed by atoms with Crippen LogP contribution in [0.25, 0.3) is 0 Å². The zero-order valence-electron chi connectivity index (χ0n) is 11.6. The first-order valence-corrected chi connectivity index (χ1v) is 8.45. The van der Waals surface area contributed by atoms with Crippen LogP contribution in [0.15, 0.2) is 30.3 Å². The van der Waals surface area contributed by atoms with Crippen LogP contribution in [0.4, 0.5) is 4.79 Å². The van der Waals surface area contributed by atoms with Gasteiger partial charge < -0.3 is 4.74 Å². The van der Waals surface area contributed by atoms with E-state index in [1.165, 1.54) is 4.90 Å². The van der Waals surface area contributed by atoms with E-state index in [0.717, 1.165) is 5.56 Å². The number of nitrogens with zero attached hydrogens (tertiary/aromatic N) is 1. The molecule has 1 fully saturated rings. The lowest BCUT2D eigenvalue weighted by Gasteiger charge is -2.25. The first kappa shape index (κ1) is 15.4. The number of terminal acetylenes is 1. The summed E-state index contributed by atoms with van der Waals surface area (Å²) < 4.78 is 28.3. The Hall–Kier alpha value is -2.00. The van der Waals surface area contributed by atoms with Crippen LogP contribution in [-0.4, -0.2) is 43.5 Å². The Balaban J connectivity index is 1.98. The summed E-state index contributed by atoms with van der Waals surface area (Å²) in [5.41, 5.74) is 0.866. The molecule has 0 N–H and O–H groups in total. The lowest BCUT2D eigenvalue weighted by Crippen LogP contribution is -2.41. The number of rotatable bonds is 4. The summed E-state index contributed by atoms with van der Waals surface area (Å²) in [4.78, 5) is 13.4. The van der Waals surface area contributed by atoms with E-state index in [2.05, 4.69) is 5.92 Å². The van der Waals surface area contributed by atoms with Gasteiger partial charge in [0.25, 0.3) is 0 Å². The van der Waals surface area contributed by atoms with Gasteiger partial charge in [0.05, 0.1) is 24.1 Å². The minimum atomic E-state index is -3.08. The molecule has 1 amide bonds. The van der Waals surface area contributed by atoms with Crippen LogP contribution in [0.3, 0.4) is 0 Å². The quantitative estimate of drug-likeness (QED) is 0.790. The van der Waals surface area contributed by atoms with Gasteiger partial charge in [0.1, 0.15) is 6.61 Å². The molecule has 1 aromatic carbocycles. The summed E-state index contributed by atoms with van der Waals surface area (Å²) in [7, 11) is -3.08. The van der Waals surface area contributed by atoms with Crippen molar-refractivity contribution in [2.45, 2.75) is 19.1 Å². The Kier molecular flexibility index (Phi) is 4.86. The van der Waals surface area contributed by atoms with E-state index in [4.69, 9.17) is 11.2 Å². The van der Waals surface area contributed by atoms with Gasteiger partial charge in [0.2, 0.25) is 0 Å². The normalized spacial score (nSPS) is 19.7. The number of ether oxygens (including phenoxy) is 1. The molecule has 21 heavy (non-hydrogen) atoms. The Bertz CT molecular complexity index is 633. The van der Waals surface area contributed by atoms with E-state index in [0.29, 0.717) is 6.42 Å². The summed E-state index contributed by atoms with van der Waals surface area (Å²) >= 11 is 0. The summed E-state index contributed by atoms with van der Waals surface area (Å²) in [6.45, 7) is 0.189. The summed E-state index contributed by atoms with van der Waals surface area (Å²) in [5.74, 6) is 2.42. The molecular weight excluding hydrogens is 290 g/mol. The third-order valence-electron chi connectivity index (χ3n) is 3.35. The van der Waals surface area contributed by atoms with Crippen molar-refractivity contribution in [2.24, 2.45) is 0 Å². The smallest absolute Gasteiger partial charge is 0.411 e. The van der Waals surface area contributed by atoms with E-state index < -0.39 is 22.0 Å². The van der Waals surface area contributed by atoms with Gasteiger partial charge in [-0.1, -0.05) is 36.3 Å². The second-order valence-corrected chi connectivity index (χ2v) is 7.16. The van der Waals surface area contributed by atoms with Crippen LogP contribution in [0.2, 0.25) is 0 Å². The maximum absolute atomic E-state index is 12.1. The molecule has 6 heteroatoms. The van der Waals surface area contributed by atoms with Gasteiger partial charge in [-0.2, -0.15) is 0 Å². The minimum Gasteiger partial charge on any atom is -0.445 e. The van der Waals surface area contributed by atoms with Crippen LogP contribution >= 0.6 is 0 Å². The highest BCUT2D eigenvalue weighted by molar-refractivity contribution is 7.91. The average molecular weight is 307 g/mol. The molecule has 1 aliphatic rings. The SMILES string of the molecule is C#CCN(C(=O)OCc1ccccc1)C1CCS(=O)(=O)C1. The third-order valence-corrected chi connectivity index (χ3v) is 5.10. The van der Waals surface area contributed by atoms with Gasteiger partial charge >= 0.3 is 6.09 Å². The van der Waals surface area contributed by atoms with E-state index in [1.54, 1.807) is 0 Å². The van der Waals surface area contributed by atoms with Crippen molar-refractivity contribution >= 4 is 15.9 Å². The molecule has 2 rings (SSSR count). The van der Waals surface area contributed by atoms with E-state index in [9.17, 15) is 13.2 Å². The number of carbonyl (C=O) groups is 1. The molecule has 112 valence electrons. The van der Waals surface area contributed by atoms with Crippen LogP contribution < -0.4 is 0 Å². The van der Waals surface area contributed by atoms with Crippen molar-refractivity contribution in [1.82, 2.24) is 4.90 Å². The summed E-state index contributed by atoms with van der Waals surface area (Å²) in [6, 6.07) is 8.88. The molecule has 5 nitrogen and oxygen atoms in total. The molecule has 0 aromatic heterocycles. The largest absolute Gasteiger partial charge is 0.445 e. The zero-order chi connectivity index (χ0) is 15.3. The summed E-state index contributed by atoms with van der Waals surface area (Å²) in [6.07, 6.45) is 5.10. The van der Waals surface area contributed by atoms with Gasteiger partial charge in [-0.25, -0.2) is 13.2 Å². The number of amides is 1. The van der Waals surface area contributed by atoms with Gasteiger partial charge in [-0.15, -0.1) is 6.42 Å². The molecule has 1 heterocycles. The van der Waals surface area contributed by atoms with E-state index in [1.807, 2.05) is 30.3 Å². The zero-order valence-corrected chi connectivity index (χ0v) is 12.4. The van der Waals surface area contributed by atoms with Gasteiger partial charge in [-0.05, 0) is 12.0 Å². The highest BCUT2D eigenvalue weighted by Crippen LogP contribution is 2.18. The molecule has 1 aliphatic heterocycles. The van der Waals surface area contributed by atoms with Crippen molar-refractivity contribution in [3.8, 4) is 12.3 Å². The molecule has 1 aromatic rings. The molecule has 0 spiro atoms. The van der Waals surface area contributed by atoms with Crippen molar-refractivity contribution < 1.29 is 17.9 Å². The molecule has 0 aliphatic carbocycles. The molecule has 1 unspecified atom stereocenters. The Labute approximate surface area is 124 Å². The first-order chi connectivity index (χ1) is 10.0. The molecule has 0 radical (unpaired) electrons. The number of hydrogen-bond acceptors (Lipinski definition) is 4. The fourth-order valence-electron chi connectivity index (χ4n) is 2.26. The highest BCUT2D eigenvalue weighted by Gasteiger charge is 2.35. The molecule has 1 saturated heterocycles. The fraction of sp³-hybridized carbons (Fsp3) is 0.400. The van der Waals surface area contributed by atoms with Crippen LogP contribution in [-0.2, 0) is 21.2 Å². The standard InChI is InChI=1S/C15H17NO4S/c1-2-9-16(14-8-10-21(18,19)12-14)15(17)20-11-13-6-4-3-5-7-13/h1,3-7,14H,8-12H2. The second kappa shape index (κ2) is 6.64. The molecule has 0 bridgehead atoms. The Morgan fingerprint density at radius 1 is 1.38 bits per heavy atom. The van der Waals surface area contributed by atoms with Gasteiger partial charge in [-0.3, -0.25) is 4.90 Å². The van der Waals surface area contributed by atoms with Crippen LogP contribution in [0.1, 0.15) is 12.0 Å². The number of hydrogen-bond donors (Lipinski definition) is 0. The number of benzene rings is 1. The maximum Gasteiger partial charge on any atom is 0.411 e. The Morgan fingerprint density at radius 3 is 2.67 bits per heavy atom. The molecule has 0 saturated carbocycles. The number of sulfone groups is 1. The number of carbonyl (C=O) groups excluding carboxylic acids is 1. The predicted octanol–water partition coefficient (Wildman–Crippen LogP) is 1.45. The van der Waals surface area contributed by atoms with Crippen LogP contribution in [0.5, 0.6) is 0 Å². The van der Waals surface area contributed by atoms with Gasteiger partial charge in [0, 0.05) is 0 Å². The second-order valence-electron chi connectivity index (χ2n) is 4.93. The van der Waals surface area contributed by atoms with Gasteiger partial charge in [0.15, 0.2) is 9.84 Å². The molecular formula is C15H17NO4S. The Morgan fingerprint density at radius 2 is 2.10 bits per heavy atom. The lowest BCUT2D eigenvalue weighted by molar-refractivity contribution is 0.0896. The van der Waals surface area contributed by atoms with E-state index in [-0.39, 0.29) is 24.7 Å². The van der Waals surface area contributed by atoms with Crippen molar-refractivity contribution in [3.63, 3.8) is 0 Å².